The molecule has 1 aromatic heterocycles. The van der Waals surface area contributed by atoms with Crippen molar-refractivity contribution in [3.63, 3.8) is 0 Å². The summed E-state index contributed by atoms with van der Waals surface area (Å²) in [5.74, 6) is 5.77. The van der Waals surface area contributed by atoms with E-state index in [4.69, 9.17) is 4.52 Å². The fraction of sp³-hybridized carbons (Fsp3) is 0.500. The molecule has 1 rings (SSSR count). The lowest BCUT2D eigenvalue weighted by atomic mass is 10.4. The lowest BCUT2D eigenvalue weighted by molar-refractivity contribution is 0.390. The molecular weight excluding hydrogens is 228 g/mol. The number of hydrogen-bond donors (Lipinski definition) is 1. The van der Waals surface area contributed by atoms with Crippen LogP contribution in [-0.4, -0.2) is 20.1 Å². The summed E-state index contributed by atoms with van der Waals surface area (Å²) < 4.78 is 30.9. The van der Waals surface area contributed by atoms with Gasteiger partial charge in [-0.2, -0.15) is 0 Å². The standard InChI is InChI=1S/C10H14N2O3S/c1-4-5-6-7-11-16(13,14)10-8(2)12-15-9(10)3/h11H,6-7H2,1-3H3. The smallest absolute Gasteiger partial charge is 0.245 e. The van der Waals surface area contributed by atoms with E-state index >= 15 is 0 Å². The van der Waals surface area contributed by atoms with Crippen LogP contribution in [0.15, 0.2) is 9.42 Å². The van der Waals surface area contributed by atoms with Gasteiger partial charge in [0, 0.05) is 13.0 Å². The number of sulfonamides is 1. The van der Waals surface area contributed by atoms with Gasteiger partial charge in [-0.15, -0.1) is 11.8 Å². The Morgan fingerprint density at radius 3 is 2.62 bits per heavy atom. The zero-order valence-corrected chi connectivity index (χ0v) is 10.3. The first kappa shape index (κ1) is 12.7. The Morgan fingerprint density at radius 1 is 1.44 bits per heavy atom. The third-order valence-electron chi connectivity index (χ3n) is 1.96. The third-order valence-corrected chi connectivity index (χ3v) is 3.66. The van der Waals surface area contributed by atoms with Gasteiger partial charge in [0.05, 0.1) is 0 Å². The van der Waals surface area contributed by atoms with Crippen LogP contribution in [0.4, 0.5) is 0 Å². The number of hydrogen-bond acceptors (Lipinski definition) is 4. The molecule has 0 aromatic carbocycles. The zero-order chi connectivity index (χ0) is 12.2. The van der Waals surface area contributed by atoms with Crippen molar-refractivity contribution in [2.45, 2.75) is 32.1 Å². The fourth-order valence-corrected chi connectivity index (χ4v) is 2.66. The molecule has 1 N–H and O–H groups in total. The van der Waals surface area contributed by atoms with Crippen molar-refractivity contribution in [1.82, 2.24) is 9.88 Å². The van der Waals surface area contributed by atoms with E-state index in [-0.39, 0.29) is 11.4 Å². The van der Waals surface area contributed by atoms with Crippen LogP contribution >= 0.6 is 0 Å². The minimum absolute atomic E-state index is 0.122. The molecule has 0 radical (unpaired) electrons. The van der Waals surface area contributed by atoms with Crippen LogP contribution in [0.25, 0.3) is 0 Å². The Hall–Kier alpha value is -1.32. The lowest BCUT2D eigenvalue weighted by Gasteiger charge is -2.03. The van der Waals surface area contributed by atoms with Gasteiger partial charge in [0.25, 0.3) is 0 Å². The number of nitrogens with one attached hydrogen (secondary N) is 1. The highest BCUT2D eigenvalue weighted by Crippen LogP contribution is 2.18. The molecule has 0 saturated carbocycles. The Kier molecular flexibility index (Phi) is 4.10. The monoisotopic (exact) mass is 242 g/mol. The highest BCUT2D eigenvalue weighted by molar-refractivity contribution is 7.89. The van der Waals surface area contributed by atoms with E-state index < -0.39 is 10.0 Å². The molecule has 0 spiro atoms. The molecule has 1 aromatic rings. The Bertz CT molecular complexity index is 500. The summed E-state index contributed by atoms with van der Waals surface area (Å²) in [6.07, 6.45) is 0.485. The van der Waals surface area contributed by atoms with E-state index in [0.29, 0.717) is 17.9 Å². The van der Waals surface area contributed by atoms with E-state index in [1.807, 2.05) is 0 Å². The molecule has 1 heterocycles. The van der Waals surface area contributed by atoms with Gasteiger partial charge in [0.2, 0.25) is 10.0 Å². The molecule has 0 bridgehead atoms. The Balaban J connectivity index is 2.81. The molecule has 0 atom stereocenters. The minimum atomic E-state index is -3.53. The molecule has 5 nitrogen and oxygen atoms in total. The SMILES string of the molecule is CC#CCCNS(=O)(=O)c1c(C)noc1C. The second-order valence-electron chi connectivity index (χ2n) is 3.23. The molecule has 0 aliphatic heterocycles. The van der Waals surface area contributed by atoms with Gasteiger partial charge in [-0.1, -0.05) is 5.16 Å². The van der Waals surface area contributed by atoms with Crippen LogP contribution in [0.3, 0.4) is 0 Å². The van der Waals surface area contributed by atoms with Gasteiger partial charge in [-0.25, -0.2) is 13.1 Å². The predicted octanol–water partition coefficient (Wildman–Crippen LogP) is 0.983. The Morgan fingerprint density at radius 2 is 2.12 bits per heavy atom. The van der Waals surface area contributed by atoms with E-state index in [1.165, 1.54) is 0 Å². The summed E-state index contributed by atoms with van der Waals surface area (Å²) in [7, 11) is -3.53. The first-order valence-corrected chi connectivity index (χ1v) is 6.29. The summed E-state index contributed by atoms with van der Waals surface area (Å²) in [4.78, 5) is 0.122. The average molecular weight is 242 g/mol. The average Bonchev–Trinajstić information content (AvgIpc) is 2.54. The van der Waals surface area contributed by atoms with Crippen LogP contribution < -0.4 is 4.72 Å². The molecule has 0 unspecified atom stereocenters. The lowest BCUT2D eigenvalue weighted by Crippen LogP contribution is -2.25. The quantitative estimate of drug-likeness (QED) is 0.631. The molecule has 16 heavy (non-hydrogen) atoms. The van der Waals surface area contributed by atoms with Gasteiger partial charge in [-0.3, -0.25) is 0 Å². The summed E-state index contributed by atoms with van der Waals surface area (Å²) in [5, 5.41) is 3.60. The maximum Gasteiger partial charge on any atom is 0.245 e. The van der Waals surface area contributed by atoms with Crippen molar-refractivity contribution in [3.05, 3.63) is 11.5 Å². The molecule has 6 heteroatoms. The number of rotatable bonds is 4. The number of aryl methyl sites for hydroxylation is 2. The summed E-state index contributed by atoms with van der Waals surface area (Å²) >= 11 is 0. The third kappa shape index (κ3) is 2.84. The van der Waals surface area contributed by atoms with Gasteiger partial charge in [0.15, 0.2) is 5.76 Å². The van der Waals surface area contributed by atoms with Crippen molar-refractivity contribution >= 4 is 10.0 Å². The molecule has 0 aliphatic carbocycles. The molecule has 88 valence electrons. The fourth-order valence-electron chi connectivity index (χ4n) is 1.30. The van der Waals surface area contributed by atoms with Gasteiger partial charge in [-0.05, 0) is 20.8 Å². The van der Waals surface area contributed by atoms with Gasteiger partial charge in [0.1, 0.15) is 10.6 Å². The second-order valence-corrected chi connectivity index (χ2v) is 4.93. The topological polar surface area (TPSA) is 72.2 Å². The number of aromatic nitrogens is 1. The highest BCUT2D eigenvalue weighted by Gasteiger charge is 2.23. The van der Waals surface area contributed by atoms with E-state index in [9.17, 15) is 8.42 Å². The zero-order valence-electron chi connectivity index (χ0n) is 9.49. The molecule has 0 aliphatic rings. The van der Waals surface area contributed by atoms with Crippen LogP contribution in [0.1, 0.15) is 24.8 Å². The van der Waals surface area contributed by atoms with E-state index in [0.717, 1.165) is 0 Å². The maximum atomic E-state index is 11.8. The molecule has 0 amide bonds. The van der Waals surface area contributed by atoms with Crippen LogP contribution in [0, 0.1) is 25.7 Å². The van der Waals surface area contributed by atoms with Crippen molar-refractivity contribution in [2.75, 3.05) is 6.54 Å². The number of nitrogens with zero attached hydrogens (tertiary/aromatic N) is 1. The van der Waals surface area contributed by atoms with Gasteiger partial charge < -0.3 is 4.52 Å². The highest BCUT2D eigenvalue weighted by atomic mass is 32.2. The molecular formula is C10H14N2O3S. The normalized spacial score (nSPS) is 10.9. The molecule has 0 saturated heterocycles. The maximum absolute atomic E-state index is 11.8. The minimum Gasteiger partial charge on any atom is -0.360 e. The summed E-state index contributed by atoms with van der Waals surface area (Å²) in [5.41, 5.74) is 0.367. The summed E-state index contributed by atoms with van der Waals surface area (Å²) in [6, 6.07) is 0. The predicted molar refractivity (Wildman–Crippen MR) is 59.2 cm³/mol. The van der Waals surface area contributed by atoms with E-state index in [1.54, 1.807) is 20.8 Å². The van der Waals surface area contributed by atoms with Crippen LogP contribution in [-0.2, 0) is 10.0 Å². The second kappa shape index (κ2) is 5.14. The van der Waals surface area contributed by atoms with Crippen molar-refractivity contribution in [3.8, 4) is 11.8 Å². The molecule has 0 fully saturated rings. The largest absolute Gasteiger partial charge is 0.360 e. The van der Waals surface area contributed by atoms with Crippen LogP contribution in [0.5, 0.6) is 0 Å². The summed E-state index contributed by atoms with van der Waals surface area (Å²) in [6.45, 7) is 5.16. The van der Waals surface area contributed by atoms with Crippen molar-refractivity contribution in [1.29, 1.82) is 0 Å². The Labute approximate surface area is 95.3 Å². The van der Waals surface area contributed by atoms with E-state index in [2.05, 4.69) is 21.7 Å². The first-order chi connectivity index (χ1) is 7.49. The van der Waals surface area contributed by atoms with Crippen LogP contribution in [0.2, 0.25) is 0 Å². The van der Waals surface area contributed by atoms with Crippen molar-refractivity contribution in [2.24, 2.45) is 0 Å². The first-order valence-electron chi connectivity index (χ1n) is 4.81. The van der Waals surface area contributed by atoms with Gasteiger partial charge >= 0.3 is 0 Å². The van der Waals surface area contributed by atoms with Crippen molar-refractivity contribution < 1.29 is 12.9 Å².